The smallest absolute Gasteiger partial charge is 0.134 e. The normalized spacial score (nSPS) is 20.1. The summed E-state index contributed by atoms with van der Waals surface area (Å²) in [5.41, 5.74) is 0.950. The third-order valence-electron chi connectivity index (χ3n) is 3.88. The maximum Gasteiger partial charge on any atom is 0.134 e. The van der Waals surface area contributed by atoms with Crippen LogP contribution in [-0.4, -0.2) is 32.5 Å². The molecule has 21 heavy (non-hydrogen) atoms. The highest BCUT2D eigenvalue weighted by atomic mass is 16.5. The minimum atomic E-state index is 0.215. The van der Waals surface area contributed by atoms with Crippen molar-refractivity contribution in [2.24, 2.45) is 0 Å². The van der Waals surface area contributed by atoms with Gasteiger partial charge in [-0.1, -0.05) is 18.2 Å². The molecule has 1 aromatic heterocycles. The van der Waals surface area contributed by atoms with Gasteiger partial charge >= 0.3 is 0 Å². The van der Waals surface area contributed by atoms with Crippen LogP contribution in [0.5, 0.6) is 0 Å². The number of ether oxygens (including phenoxy) is 2. The van der Waals surface area contributed by atoms with E-state index in [1.165, 1.54) is 0 Å². The molecule has 1 aromatic carbocycles. The Balaban J connectivity index is 1.40. The number of nitrogens with one attached hydrogen (secondary N) is 1. The second-order valence-corrected chi connectivity index (χ2v) is 5.57. The fourth-order valence-electron chi connectivity index (χ4n) is 2.60. The Morgan fingerprint density at radius 2 is 2.29 bits per heavy atom. The molecule has 0 saturated carbocycles. The Kier molecular flexibility index (Phi) is 4.91. The molecule has 1 aliphatic rings. The van der Waals surface area contributed by atoms with Gasteiger partial charge in [0.1, 0.15) is 11.3 Å². The Morgan fingerprint density at radius 1 is 1.38 bits per heavy atom. The van der Waals surface area contributed by atoms with Crippen molar-refractivity contribution in [1.29, 1.82) is 0 Å². The average molecular weight is 289 g/mol. The van der Waals surface area contributed by atoms with Crippen LogP contribution in [-0.2, 0) is 9.47 Å². The molecule has 1 saturated heterocycles. The van der Waals surface area contributed by atoms with Gasteiger partial charge in [-0.05, 0) is 38.4 Å². The number of furan rings is 1. The molecular weight excluding hydrogens is 266 g/mol. The van der Waals surface area contributed by atoms with Crippen LogP contribution in [0.15, 0.2) is 34.7 Å². The Bertz CT molecular complexity index is 527. The minimum Gasteiger partial charge on any atom is -0.459 e. The summed E-state index contributed by atoms with van der Waals surface area (Å²) < 4.78 is 16.9. The molecule has 0 amide bonds. The summed E-state index contributed by atoms with van der Waals surface area (Å²) in [6.07, 6.45) is 2.34. The van der Waals surface area contributed by atoms with Crippen LogP contribution in [0.25, 0.3) is 11.0 Å². The van der Waals surface area contributed by atoms with Crippen LogP contribution < -0.4 is 5.32 Å². The van der Waals surface area contributed by atoms with Crippen molar-refractivity contribution < 1.29 is 13.9 Å². The fourth-order valence-corrected chi connectivity index (χ4v) is 2.60. The van der Waals surface area contributed by atoms with Gasteiger partial charge in [0.25, 0.3) is 0 Å². The van der Waals surface area contributed by atoms with Crippen LogP contribution >= 0.6 is 0 Å². The molecule has 114 valence electrons. The summed E-state index contributed by atoms with van der Waals surface area (Å²) in [6, 6.07) is 10.4. The van der Waals surface area contributed by atoms with E-state index in [2.05, 4.69) is 24.4 Å². The van der Waals surface area contributed by atoms with Gasteiger partial charge in [-0.2, -0.15) is 0 Å². The molecule has 0 spiro atoms. The lowest BCUT2D eigenvalue weighted by Gasteiger charge is -2.12. The van der Waals surface area contributed by atoms with Crippen molar-refractivity contribution in [2.45, 2.75) is 31.9 Å². The molecule has 1 fully saturated rings. The van der Waals surface area contributed by atoms with Gasteiger partial charge in [-0.25, -0.2) is 0 Å². The van der Waals surface area contributed by atoms with Gasteiger partial charge in [0, 0.05) is 18.6 Å². The van der Waals surface area contributed by atoms with Crippen molar-refractivity contribution in [3.63, 3.8) is 0 Å². The minimum absolute atomic E-state index is 0.215. The predicted octanol–water partition coefficient (Wildman–Crippen LogP) is 3.28. The van der Waals surface area contributed by atoms with Gasteiger partial charge in [0.2, 0.25) is 0 Å². The summed E-state index contributed by atoms with van der Waals surface area (Å²) >= 11 is 0. The Morgan fingerprint density at radius 3 is 3.10 bits per heavy atom. The maximum absolute atomic E-state index is 5.86. The summed E-state index contributed by atoms with van der Waals surface area (Å²) in [5, 5.41) is 4.64. The monoisotopic (exact) mass is 289 g/mol. The number of benzene rings is 1. The van der Waals surface area contributed by atoms with E-state index in [0.29, 0.717) is 6.10 Å². The summed E-state index contributed by atoms with van der Waals surface area (Å²) in [7, 11) is 0. The zero-order chi connectivity index (χ0) is 14.5. The molecule has 0 unspecified atom stereocenters. The SMILES string of the molecule is C[C@@H](NCCCO[C@H]1CCOC1)c1cc2ccccc2o1. The highest BCUT2D eigenvalue weighted by molar-refractivity contribution is 5.77. The van der Waals surface area contributed by atoms with E-state index in [-0.39, 0.29) is 6.04 Å². The van der Waals surface area contributed by atoms with Crippen LogP contribution in [0.3, 0.4) is 0 Å². The van der Waals surface area contributed by atoms with Crippen LogP contribution in [0.1, 0.15) is 31.6 Å². The highest BCUT2D eigenvalue weighted by Crippen LogP contribution is 2.23. The van der Waals surface area contributed by atoms with E-state index >= 15 is 0 Å². The van der Waals surface area contributed by atoms with Crippen LogP contribution in [0, 0.1) is 0 Å². The molecule has 1 N–H and O–H groups in total. The molecule has 0 bridgehead atoms. The lowest BCUT2D eigenvalue weighted by molar-refractivity contribution is 0.0413. The third-order valence-corrected chi connectivity index (χ3v) is 3.88. The van der Waals surface area contributed by atoms with Gasteiger partial charge in [-0.3, -0.25) is 0 Å². The molecule has 3 rings (SSSR count). The van der Waals surface area contributed by atoms with Crippen LogP contribution in [0.4, 0.5) is 0 Å². The number of para-hydroxylation sites is 1. The van der Waals surface area contributed by atoms with E-state index in [1.807, 2.05) is 18.2 Å². The van der Waals surface area contributed by atoms with Crippen molar-refractivity contribution >= 4 is 11.0 Å². The molecule has 2 heterocycles. The van der Waals surface area contributed by atoms with Crippen molar-refractivity contribution in [1.82, 2.24) is 5.32 Å². The van der Waals surface area contributed by atoms with Gasteiger partial charge < -0.3 is 19.2 Å². The molecular formula is C17H23NO3. The molecule has 2 atom stereocenters. The van der Waals surface area contributed by atoms with E-state index in [9.17, 15) is 0 Å². The van der Waals surface area contributed by atoms with Crippen molar-refractivity contribution in [2.75, 3.05) is 26.4 Å². The molecule has 0 aliphatic carbocycles. The first kappa shape index (κ1) is 14.6. The average Bonchev–Trinajstić information content (AvgIpc) is 3.15. The van der Waals surface area contributed by atoms with E-state index in [0.717, 1.165) is 55.9 Å². The molecule has 4 heteroatoms. The van der Waals surface area contributed by atoms with E-state index in [4.69, 9.17) is 13.9 Å². The van der Waals surface area contributed by atoms with Gasteiger partial charge in [0.15, 0.2) is 0 Å². The lowest BCUT2D eigenvalue weighted by atomic mass is 10.2. The Labute approximate surface area is 125 Å². The molecule has 2 aromatic rings. The first-order valence-corrected chi connectivity index (χ1v) is 7.74. The summed E-state index contributed by atoms with van der Waals surface area (Å²) in [4.78, 5) is 0. The van der Waals surface area contributed by atoms with Gasteiger partial charge in [0.05, 0.1) is 18.8 Å². The molecule has 4 nitrogen and oxygen atoms in total. The lowest BCUT2D eigenvalue weighted by Crippen LogP contribution is -2.22. The first-order valence-electron chi connectivity index (χ1n) is 7.74. The number of rotatable bonds is 7. The van der Waals surface area contributed by atoms with E-state index in [1.54, 1.807) is 0 Å². The second-order valence-electron chi connectivity index (χ2n) is 5.57. The zero-order valence-corrected chi connectivity index (χ0v) is 12.5. The molecule has 1 aliphatic heterocycles. The van der Waals surface area contributed by atoms with Crippen LogP contribution in [0.2, 0.25) is 0 Å². The summed E-state index contributed by atoms with van der Waals surface area (Å²) in [5.74, 6) is 0.987. The van der Waals surface area contributed by atoms with Gasteiger partial charge in [-0.15, -0.1) is 0 Å². The number of fused-ring (bicyclic) bond motifs is 1. The number of hydrogen-bond donors (Lipinski definition) is 1. The maximum atomic E-state index is 5.86. The number of hydrogen-bond acceptors (Lipinski definition) is 4. The fraction of sp³-hybridized carbons (Fsp3) is 0.529. The topological polar surface area (TPSA) is 43.6 Å². The Hall–Kier alpha value is -1.36. The third kappa shape index (κ3) is 3.84. The predicted molar refractivity (Wildman–Crippen MR) is 82.4 cm³/mol. The second kappa shape index (κ2) is 7.07. The van der Waals surface area contributed by atoms with Crippen molar-refractivity contribution in [3.8, 4) is 0 Å². The standard InChI is InChI=1S/C17H23NO3/c1-13(17-11-14-5-2-3-6-16(14)21-17)18-8-4-9-20-15-7-10-19-12-15/h2-3,5-6,11,13,15,18H,4,7-10,12H2,1H3/t13-,15+/m1/s1. The molecule has 0 radical (unpaired) electrons. The van der Waals surface area contributed by atoms with E-state index < -0.39 is 0 Å². The zero-order valence-electron chi connectivity index (χ0n) is 12.5. The quantitative estimate of drug-likeness (QED) is 0.794. The highest BCUT2D eigenvalue weighted by Gasteiger charge is 2.15. The largest absolute Gasteiger partial charge is 0.459 e. The first-order chi connectivity index (χ1) is 10.3. The summed E-state index contributed by atoms with van der Waals surface area (Å²) in [6.45, 7) is 5.43. The van der Waals surface area contributed by atoms with Crippen molar-refractivity contribution in [3.05, 3.63) is 36.1 Å².